The molecule has 0 unspecified atom stereocenters. The smallest absolute Gasteiger partial charge is 0.225 e. The van der Waals surface area contributed by atoms with E-state index >= 15 is 0 Å². The molecule has 3 aromatic heterocycles. The van der Waals surface area contributed by atoms with Gasteiger partial charge in [0.25, 0.3) is 0 Å². The third kappa shape index (κ3) is 4.43. The minimum absolute atomic E-state index is 0.0774. The number of amides is 1. The van der Waals surface area contributed by atoms with Crippen molar-refractivity contribution in [2.75, 3.05) is 42.9 Å². The summed E-state index contributed by atoms with van der Waals surface area (Å²) in [6.45, 7) is 3.10. The summed E-state index contributed by atoms with van der Waals surface area (Å²) < 4.78 is 15.7. The Labute approximate surface area is 189 Å². The molecule has 11 heteroatoms. The second-order valence-electron chi connectivity index (χ2n) is 7.59. The normalized spacial score (nSPS) is 14.0. The lowest BCUT2D eigenvalue weighted by molar-refractivity contribution is -0.131. The van der Waals surface area contributed by atoms with Crippen LogP contribution in [0.5, 0.6) is 0 Å². The molecule has 0 spiro atoms. The quantitative estimate of drug-likeness (QED) is 0.478. The van der Waals surface area contributed by atoms with Crippen LogP contribution < -0.4 is 10.2 Å². The van der Waals surface area contributed by atoms with Gasteiger partial charge in [-0.3, -0.25) is 4.79 Å². The van der Waals surface area contributed by atoms with Crippen molar-refractivity contribution in [2.45, 2.75) is 6.42 Å². The Morgan fingerprint density at radius 3 is 2.55 bits per heavy atom. The van der Waals surface area contributed by atoms with Gasteiger partial charge in [0.1, 0.15) is 11.6 Å². The molecule has 0 atom stereocenters. The molecule has 0 saturated carbocycles. The standard InChI is InChI=1S/C22H22FN9O/c23-17-5-2-1-4-16(17)21-28-27-19-7-6-18(29-32(19)21)24-11-8-20(33)30-12-14-31(15-13-30)22-25-9-3-10-26-22/h1-7,9-10H,8,11-15H2,(H,24,29). The van der Waals surface area contributed by atoms with Crippen molar-refractivity contribution in [1.82, 2.24) is 34.7 Å². The molecule has 1 amide bonds. The summed E-state index contributed by atoms with van der Waals surface area (Å²) in [5.74, 6) is 1.25. The van der Waals surface area contributed by atoms with E-state index in [-0.39, 0.29) is 5.91 Å². The summed E-state index contributed by atoms with van der Waals surface area (Å²) in [6.07, 6.45) is 3.77. The highest BCUT2D eigenvalue weighted by atomic mass is 19.1. The van der Waals surface area contributed by atoms with Crippen molar-refractivity contribution >= 4 is 23.3 Å². The van der Waals surface area contributed by atoms with Crippen LogP contribution in [0.25, 0.3) is 17.0 Å². The molecule has 1 aliphatic heterocycles. The first-order valence-corrected chi connectivity index (χ1v) is 10.7. The van der Waals surface area contributed by atoms with E-state index in [1.54, 1.807) is 48.8 Å². The zero-order valence-corrected chi connectivity index (χ0v) is 17.8. The molecule has 1 N–H and O–H groups in total. The molecule has 0 aliphatic carbocycles. The van der Waals surface area contributed by atoms with Crippen LogP contribution in [0.3, 0.4) is 0 Å². The second-order valence-corrected chi connectivity index (χ2v) is 7.59. The van der Waals surface area contributed by atoms with Crippen molar-refractivity contribution < 1.29 is 9.18 Å². The molecule has 33 heavy (non-hydrogen) atoms. The van der Waals surface area contributed by atoms with Gasteiger partial charge in [-0.15, -0.1) is 15.3 Å². The monoisotopic (exact) mass is 447 g/mol. The van der Waals surface area contributed by atoms with E-state index in [4.69, 9.17) is 0 Å². The number of aromatic nitrogens is 6. The molecular weight excluding hydrogens is 425 g/mol. The van der Waals surface area contributed by atoms with Gasteiger partial charge < -0.3 is 15.1 Å². The Kier molecular flexibility index (Phi) is 5.75. The van der Waals surface area contributed by atoms with Gasteiger partial charge in [0.05, 0.1) is 5.56 Å². The van der Waals surface area contributed by atoms with Crippen LogP contribution in [0.4, 0.5) is 16.2 Å². The number of fused-ring (bicyclic) bond motifs is 1. The summed E-state index contributed by atoms with van der Waals surface area (Å²) in [4.78, 5) is 25.1. The van der Waals surface area contributed by atoms with Crippen LogP contribution in [-0.4, -0.2) is 73.3 Å². The number of benzene rings is 1. The number of carbonyl (C=O) groups excluding carboxylic acids is 1. The highest BCUT2D eigenvalue weighted by Gasteiger charge is 2.22. The molecule has 1 aromatic carbocycles. The molecule has 4 aromatic rings. The second kappa shape index (κ2) is 9.15. The van der Waals surface area contributed by atoms with Crippen LogP contribution >= 0.6 is 0 Å². The Hall–Kier alpha value is -4.15. The van der Waals surface area contributed by atoms with Gasteiger partial charge in [0, 0.05) is 51.5 Å². The van der Waals surface area contributed by atoms with Gasteiger partial charge >= 0.3 is 0 Å². The van der Waals surface area contributed by atoms with E-state index in [1.165, 1.54) is 10.6 Å². The first-order valence-electron chi connectivity index (χ1n) is 10.7. The van der Waals surface area contributed by atoms with Crippen molar-refractivity contribution in [2.24, 2.45) is 0 Å². The van der Waals surface area contributed by atoms with Crippen LogP contribution in [-0.2, 0) is 4.79 Å². The average Bonchev–Trinajstić information content (AvgIpc) is 3.28. The molecule has 0 bridgehead atoms. The molecule has 1 aliphatic rings. The number of anilines is 2. The van der Waals surface area contributed by atoms with E-state index in [9.17, 15) is 9.18 Å². The third-order valence-corrected chi connectivity index (χ3v) is 5.49. The highest BCUT2D eigenvalue weighted by molar-refractivity contribution is 5.77. The van der Waals surface area contributed by atoms with E-state index in [0.717, 1.165) is 0 Å². The molecule has 1 saturated heterocycles. The number of hydrogen-bond acceptors (Lipinski definition) is 8. The Morgan fingerprint density at radius 1 is 0.970 bits per heavy atom. The largest absolute Gasteiger partial charge is 0.368 e. The lowest BCUT2D eigenvalue weighted by Gasteiger charge is -2.34. The Balaban J connectivity index is 1.17. The van der Waals surface area contributed by atoms with Gasteiger partial charge in [-0.25, -0.2) is 14.4 Å². The van der Waals surface area contributed by atoms with Crippen molar-refractivity contribution in [3.8, 4) is 11.4 Å². The van der Waals surface area contributed by atoms with Crippen LogP contribution in [0.1, 0.15) is 6.42 Å². The first kappa shape index (κ1) is 20.7. The van der Waals surface area contributed by atoms with Crippen molar-refractivity contribution in [1.29, 1.82) is 0 Å². The number of carbonyl (C=O) groups is 1. The Bertz CT molecular complexity index is 1260. The van der Waals surface area contributed by atoms with Gasteiger partial charge in [-0.2, -0.15) is 4.52 Å². The Morgan fingerprint density at radius 2 is 1.76 bits per heavy atom. The van der Waals surface area contributed by atoms with E-state index in [1.807, 2.05) is 4.90 Å². The maximum absolute atomic E-state index is 14.2. The summed E-state index contributed by atoms with van der Waals surface area (Å²) >= 11 is 0. The number of piperazine rings is 1. The number of rotatable bonds is 6. The fourth-order valence-corrected chi connectivity index (χ4v) is 3.76. The van der Waals surface area contributed by atoms with E-state index < -0.39 is 5.82 Å². The lowest BCUT2D eigenvalue weighted by atomic mass is 10.2. The summed E-state index contributed by atoms with van der Waals surface area (Å²) in [6, 6.07) is 11.7. The van der Waals surface area contributed by atoms with Gasteiger partial charge in [0.15, 0.2) is 11.5 Å². The van der Waals surface area contributed by atoms with Crippen LogP contribution in [0.15, 0.2) is 54.9 Å². The number of halogens is 1. The van der Waals surface area contributed by atoms with Crippen molar-refractivity contribution in [3.05, 3.63) is 60.7 Å². The summed E-state index contributed by atoms with van der Waals surface area (Å²) in [5, 5.41) is 15.8. The minimum Gasteiger partial charge on any atom is -0.368 e. The molecular formula is C22H22FN9O. The molecule has 0 radical (unpaired) electrons. The minimum atomic E-state index is -0.392. The SMILES string of the molecule is O=C(CCNc1ccc2nnc(-c3ccccc3F)n2n1)N1CCN(c2ncccn2)CC1. The molecule has 5 rings (SSSR count). The van der Waals surface area contributed by atoms with Crippen LogP contribution in [0, 0.1) is 5.82 Å². The van der Waals surface area contributed by atoms with E-state index in [0.29, 0.717) is 67.9 Å². The fourth-order valence-electron chi connectivity index (χ4n) is 3.76. The number of nitrogens with one attached hydrogen (secondary N) is 1. The fraction of sp³-hybridized carbons (Fsp3) is 0.273. The average molecular weight is 447 g/mol. The summed E-state index contributed by atoms with van der Waals surface area (Å²) in [7, 11) is 0. The third-order valence-electron chi connectivity index (χ3n) is 5.49. The zero-order valence-electron chi connectivity index (χ0n) is 17.8. The predicted molar refractivity (Wildman–Crippen MR) is 120 cm³/mol. The van der Waals surface area contributed by atoms with Gasteiger partial charge in [-0.05, 0) is 30.3 Å². The van der Waals surface area contributed by atoms with E-state index in [2.05, 4.69) is 35.5 Å². The predicted octanol–water partition coefficient (Wildman–Crippen LogP) is 1.87. The van der Waals surface area contributed by atoms with Gasteiger partial charge in [-0.1, -0.05) is 12.1 Å². The highest BCUT2D eigenvalue weighted by Crippen LogP contribution is 2.21. The maximum Gasteiger partial charge on any atom is 0.225 e. The number of hydrogen-bond donors (Lipinski definition) is 1. The first-order chi connectivity index (χ1) is 16.2. The molecule has 1 fully saturated rings. The zero-order chi connectivity index (χ0) is 22.6. The van der Waals surface area contributed by atoms with Crippen molar-refractivity contribution in [3.63, 3.8) is 0 Å². The summed E-state index contributed by atoms with van der Waals surface area (Å²) in [5.41, 5.74) is 0.833. The lowest BCUT2D eigenvalue weighted by Crippen LogP contribution is -2.49. The topological polar surface area (TPSA) is 104 Å². The molecule has 10 nitrogen and oxygen atoms in total. The van der Waals surface area contributed by atoms with Gasteiger partial charge in [0.2, 0.25) is 11.9 Å². The molecule has 168 valence electrons. The maximum atomic E-state index is 14.2. The van der Waals surface area contributed by atoms with Crippen LogP contribution in [0.2, 0.25) is 0 Å². The number of nitrogens with zero attached hydrogens (tertiary/aromatic N) is 8. The molecule has 4 heterocycles.